The summed E-state index contributed by atoms with van der Waals surface area (Å²) in [5.41, 5.74) is 6.97. The van der Waals surface area contributed by atoms with Crippen LogP contribution in [0.4, 0.5) is 10.1 Å². The molecule has 0 bridgehead atoms. The van der Waals surface area contributed by atoms with Gasteiger partial charge in [-0.05, 0) is 33.6 Å². The third kappa shape index (κ3) is 2.36. The van der Waals surface area contributed by atoms with Gasteiger partial charge in [-0.3, -0.25) is 4.68 Å². The third-order valence-corrected chi connectivity index (χ3v) is 2.62. The quantitative estimate of drug-likeness (QED) is 0.910. The molecule has 2 N–H and O–H groups in total. The van der Waals surface area contributed by atoms with Gasteiger partial charge in [-0.2, -0.15) is 5.10 Å². The Kier molecular flexibility index (Phi) is 2.73. The fourth-order valence-corrected chi connectivity index (χ4v) is 1.54. The van der Waals surface area contributed by atoms with Crippen LogP contribution in [0.25, 0.3) is 0 Å². The number of benzene rings is 1. The van der Waals surface area contributed by atoms with Crippen molar-refractivity contribution in [1.82, 2.24) is 9.78 Å². The summed E-state index contributed by atoms with van der Waals surface area (Å²) >= 11 is 3.10. The van der Waals surface area contributed by atoms with Crippen molar-refractivity contribution in [3.05, 3.63) is 46.4 Å². The largest absolute Gasteiger partial charge is 0.396 e. The molecule has 78 valence electrons. The topological polar surface area (TPSA) is 43.8 Å². The van der Waals surface area contributed by atoms with E-state index in [9.17, 15) is 4.39 Å². The van der Waals surface area contributed by atoms with E-state index in [1.165, 1.54) is 6.07 Å². The molecule has 2 aromatic rings. The highest BCUT2D eigenvalue weighted by atomic mass is 79.9. The monoisotopic (exact) mass is 269 g/mol. The van der Waals surface area contributed by atoms with Crippen LogP contribution in [-0.2, 0) is 6.54 Å². The summed E-state index contributed by atoms with van der Waals surface area (Å²) in [6.07, 6.45) is 3.27. The van der Waals surface area contributed by atoms with Crippen LogP contribution in [0, 0.1) is 5.82 Å². The summed E-state index contributed by atoms with van der Waals surface area (Å²) < 4.78 is 15.3. The Hall–Kier alpha value is -1.36. The van der Waals surface area contributed by atoms with Gasteiger partial charge in [0, 0.05) is 6.20 Å². The number of nitrogens with two attached hydrogens (primary N) is 1. The van der Waals surface area contributed by atoms with E-state index in [4.69, 9.17) is 5.73 Å². The van der Waals surface area contributed by atoms with E-state index in [1.54, 1.807) is 23.1 Å². The van der Waals surface area contributed by atoms with Crippen LogP contribution in [0.3, 0.4) is 0 Å². The van der Waals surface area contributed by atoms with E-state index in [1.807, 2.05) is 6.07 Å². The molecule has 0 aliphatic heterocycles. The Bertz CT molecular complexity index is 481. The SMILES string of the molecule is Nc1cnn(Cc2ccc(Br)c(F)c2)c1. The molecule has 0 saturated heterocycles. The van der Waals surface area contributed by atoms with Gasteiger partial charge in [0.1, 0.15) is 5.82 Å². The van der Waals surface area contributed by atoms with Crippen LogP contribution < -0.4 is 5.73 Å². The predicted molar refractivity (Wildman–Crippen MR) is 59.8 cm³/mol. The molecule has 3 nitrogen and oxygen atoms in total. The number of anilines is 1. The summed E-state index contributed by atoms with van der Waals surface area (Å²) in [5, 5.41) is 4.02. The maximum Gasteiger partial charge on any atom is 0.137 e. The number of rotatable bonds is 2. The van der Waals surface area contributed by atoms with E-state index < -0.39 is 0 Å². The summed E-state index contributed by atoms with van der Waals surface area (Å²) in [6.45, 7) is 0.515. The molecule has 0 unspecified atom stereocenters. The molecule has 15 heavy (non-hydrogen) atoms. The van der Waals surface area contributed by atoms with E-state index in [0.29, 0.717) is 16.7 Å². The van der Waals surface area contributed by atoms with Crippen molar-refractivity contribution in [3.63, 3.8) is 0 Å². The standard InChI is InChI=1S/C10H9BrFN3/c11-9-2-1-7(3-10(9)12)5-15-6-8(13)4-14-15/h1-4,6H,5,13H2. The number of hydrogen-bond acceptors (Lipinski definition) is 2. The van der Waals surface area contributed by atoms with Gasteiger partial charge in [0.2, 0.25) is 0 Å². The molecular weight excluding hydrogens is 261 g/mol. The molecule has 0 amide bonds. The second-order valence-electron chi connectivity index (χ2n) is 3.22. The molecular formula is C10H9BrFN3. The summed E-state index contributed by atoms with van der Waals surface area (Å²) in [4.78, 5) is 0. The van der Waals surface area contributed by atoms with Crippen molar-refractivity contribution in [2.24, 2.45) is 0 Å². The van der Waals surface area contributed by atoms with Gasteiger partial charge in [0.05, 0.1) is 22.9 Å². The number of nitrogen functional groups attached to an aromatic ring is 1. The predicted octanol–water partition coefficient (Wildman–Crippen LogP) is 2.42. The molecule has 0 aliphatic rings. The van der Waals surface area contributed by atoms with Gasteiger partial charge in [0.15, 0.2) is 0 Å². The van der Waals surface area contributed by atoms with Crippen molar-refractivity contribution in [2.75, 3.05) is 5.73 Å². The lowest BCUT2D eigenvalue weighted by Crippen LogP contribution is -2.00. The highest BCUT2D eigenvalue weighted by Gasteiger charge is 2.02. The first-order valence-corrected chi connectivity index (χ1v) is 5.16. The van der Waals surface area contributed by atoms with E-state index >= 15 is 0 Å². The van der Waals surface area contributed by atoms with Crippen molar-refractivity contribution in [2.45, 2.75) is 6.54 Å². The highest BCUT2D eigenvalue weighted by Crippen LogP contribution is 2.17. The van der Waals surface area contributed by atoms with Crippen LogP contribution in [0.5, 0.6) is 0 Å². The van der Waals surface area contributed by atoms with E-state index in [-0.39, 0.29) is 5.82 Å². The average Bonchev–Trinajstić information content (AvgIpc) is 2.58. The lowest BCUT2D eigenvalue weighted by atomic mass is 10.2. The van der Waals surface area contributed by atoms with Crippen LogP contribution in [0.2, 0.25) is 0 Å². The Balaban J connectivity index is 2.21. The van der Waals surface area contributed by atoms with Crippen LogP contribution in [0.1, 0.15) is 5.56 Å². The van der Waals surface area contributed by atoms with Gasteiger partial charge >= 0.3 is 0 Å². The van der Waals surface area contributed by atoms with Gasteiger partial charge < -0.3 is 5.73 Å². The Morgan fingerprint density at radius 1 is 1.47 bits per heavy atom. The zero-order valence-corrected chi connectivity index (χ0v) is 9.41. The van der Waals surface area contributed by atoms with Gasteiger partial charge in [0.25, 0.3) is 0 Å². The molecule has 5 heteroatoms. The zero-order chi connectivity index (χ0) is 10.8. The fourth-order valence-electron chi connectivity index (χ4n) is 1.29. The summed E-state index contributed by atoms with van der Waals surface area (Å²) in [7, 11) is 0. The van der Waals surface area contributed by atoms with Crippen LogP contribution >= 0.6 is 15.9 Å². The second-order valence-corrected chi connectivity index (χ2v) is 4.07. The fraction of sp³-hybridized carbons (Fsp3) is 0.100. The molecule has 1 aromatic heterocycles. The van der Waals surface area contributed by atoms with Crippen LogP contribution in [0.15, 0.2) is 35.1 Å². The Morgan fingerprint density at radius 3 is 2.87 bits per heavy atom. The average molecular weight is 270 g/mol. The summed E-state index contributed by atoms with van der Waals surface area (Å²) in [5.74, 6) is -0.271. The van der Waals surface area contributed by atoms with Gasteiger partial charge in [-0.25, -0.2) is 4.39 Å². The van der Waals surface area contributed by atoms with Crippen LogP contribution in [-0.4, -0.2) is 9.78 Å². The first-order chi connectivity index (χ1) is 7.15. The molecule has 0 aliphatic carbocycles. The van der Waals surface area contributed by atoms with Crippen molar-refractivity contribution >= 4 is 21.6 Å². The molecule has 0 fully saturated rings. The maximum absolute atomic E-state index is 13.2. The minimum absolute atomic E-state index is 0.271. The van der Waals surface area contributed by atoms with E-state index in [2.05, 4.69) is 21.0 Å². The lowest BCUT2D eigenvalue weighted by molar-refractivity contribution is 0.613. The smallest absolute Gasteiger partial charge is 0.137 e. The minimum Gasteiger partial charge on any atom is -0.396 e. The number of aromatic nitrogens is 2. The summed E-state index contributed by atoms with van der Waals surface area (Å²) in [6, 6.07) is 4.99. The molecule has 1 aromatic carbocycles. The first kappa shape index (κ1) is 10.2. The minimum atomic E-state index is -0.271. The lowest BCUT2D eigenvalue weighted by Gasteiger charge is -2.02. The number of halogens is 2. The van der Waals surface area contributed by atoms with Crippen molar-refractivity contribution in [1.29, 1.82) is 0 Å². The first-order valence-electron chi connectivity index (χ1n) is 4.37. The molecule has 0 spiro atoms. The van der Waals surface area contributed by atoms with Crippen molar-refractivity contribution < 1.29 is 4.39 Å². The number of nitrogens with zero attached hydrogens (tertiary/aromatic N) is 2. The van der Waals surface area contributed by atoms with Crippen molar-refractivity contribution in [3.8, 4) is 0 Å². The normalized spacial score (nSPS) is 10.5. The van der Waals surface area contributed by atoms with Gasteiger partial charge in [-0.1, -0.05) is 6.07 Å². The Labute approximate surface area is 94.8 Å². The second kappa shape index (κ2) is 4.02. The zero-order valence-electron chi connectivity index (χ0n) is 7.82. The maximum atomic E-state index is 13.2. The third-order valence-electron chi connectivity index (χ3n) is 1.98. The number of hydrogen-bond donors (Lipinski definition) is 1. The Morgan fingerprint density at radius 2 is 2.27 bits per heavy atom. The molecule has 1 heterocycles. The molecule has 2 rings (SSSR count). The van der Waals surface area contributed by atoms with E-state index in [0.717, 1.165) is 5.56 Å². The molecule has 0 saturated carbocycles. The van der Waals surface area contributed by atoms with Gasteiger partial charge in [-0.15, -0.1) is 0 Å². The highest BCUT2D eigenvalue weighted by molar-refractivity contribution is 9.10. The molecule has 0 atom stereocenters. The molecule has 0 radical (unpaired) electrons.